The van der Waals surface area contributed by atoms with E-state index in [1.165, 1.54) is 11.1 Å². The molecule has 2 aromatic carbocycles. The van der Waals surface area contributed by atoms with E-state index in [-0.39, 0.29) is 11.8 Å². The fourth-order valence-corrected chi connectivity index (χ4v) is 3.29. The van der Waals surface area contributed by atoms with Crippen molar-refractivity contribution in [2.75, 3.05) is 13.1 Å². The summed E-state index contributed by atoms with van der Waals surface area (Å²) in [6.07, 6.45) is 1.46. The summed E-state index contributed by atoms with van der Waals surface area (Å²) in [4.78, 5) is 18.2. The maximum atomic E-state index is 12.1. The molecule has 3 aromatic rings. The molecule has 0 saturated heterocycles. The summed E-state index contributed by atoms with van der Waals surface area (Å²) in [5.41, 5.74) is 2.53. The summed E-state index contributed by atoms with van der Waals surface area (Å²) < 4.78 is 5.01. The summed E-state index contributed by atoms with van der Waals surface area (Å²) in [5.74, 6) is 1.51. The highest BCUT2D eigenvalue weighted by Gasteiger charge is 2.17. The van der Waals surface area contributed by atoms with Crippen molar-refractivity contribution in [2.24, 2.45) is 0 Å². The molecular weight excluding hydrogens is 338 g/mol. The molecule has 0 unspecified atom stereocenters. The molecule has 0 saturated carbocycles. The molecule has 0 aliphatic carbocycles. The maximum absolute atomic E-state index is 12.1. The first-order valence-electron chi connectivity index (χ1n) is 9.28. The SMILES string of the molecule is CC(=O)N(CCc1noc(C)n1)CCC(c1ccccc1)c1ccccc1. The van der Waals surface area contributed by atoms with Crippen molar-refractivity contribution in [1.29, 1.82) is 0 Å². The van der Waals surface area contributed by atoms with Crippen molar-refractivity contribution >= 4 is 5.91 Å². The van der Waals surface area contributed by atoms with Gasteiger partial charge in [-0.3, -0.25) is 4.79 Å². The van der Waals surface area contributed by atoms with Crippen LogP contribution in [0.15, 0.2) is 65.2 Å². The van der Waals surface area contributed by atoms with Crippen LogP contribution in [0.4, 0.5) is 0 Å². The lowest BCUT2D eigenvalue weighted by atomic mass is 9.88. The fraction of sp³-hybridized carbons (Fsp3) is 0.318. The van der Waals surface area contributed by atoms with Crippen molar-refractivity contribution in [1.82, 2.24) is 15.0 Å². The third kappa shape index (κ3) is 5.26. The molecule has 0 fully saturated rings. The Morgan fingerprint density at radius 1 is 1.00 bits per heavy atom. The highest BCUT2D eigenvalue weighted by molar-refractivity contribution is 5.73. The second-order valence-electron chi connectivity index (χ2n) is 6.65. The van der Waals surface area contributed by atoms with E-state index in [0.29, 0.717) is 31.2 Å². The van der Waals surface area contributed by atoms with E-state index in [1.54, 1.807) is 13.8 Å². The lowest BCUT2D eigenvalue weighted by Gasteiger charge is -2.25. The minimum absolute atomic E-state index is 0.0649. The highest BCUT2D eigenvalue weighted by atomic mass is 16.5. The number of amides is 1. The zero-order valence-electron chi connectivity index (χ0n) is 15.8. The summed E-state index contributed by atoms with van der Waals surface area (Å²) in [6.45, 7) is 4.65. The van der Waals surface area contributed by atoms with Crippen molar-refractivity contribution in [3.63, 3.8) is 0 Å². The number of carbonyl (C=O) groups excluding carboxylic acids is 1. The Labute approximate surface area is 160 Å². The molecule has 0 aliphatic rings. The van der Waals surface area contributed by atoms with Crippen molar-refractivity contribution in [2.45, 2.75) is 32.6 Å². The first-order valence-corrected chi connectivity index (χ1v) is 9.28. The molecule has 0 N–H and O–H groups in total. The van der Waals surface area contributed by atoms with E-state index >= 15 is 0 Å². The van der Waals surface area contributed by atoms with Crippen LogP contribution in [0.2, 0.25) is 0 Å². The number of hydrogen-bond donors (Lipinski definition) is 0. The van der Waals surface area contributed by atoms with Gasteiger partial charge in [0, 0.05) is 39.3 Å². The van der Waals surface area contributed by atoms with Crippen LogP contribution in [0.3, 0.4) is 0 Å². The summed E-state index contributed by atoms with van der Waals surface area (Å²) >= 11 is 0. The van der Waals surface area contributed by atoms with E-state index in [1.807, 2.05) is 17.0 Å². The van der Waals surface area contributed by atoms with Gasteiger partial charge in [0.2, 0.25) is 11.8 Å². The average molecular weight is 363 g/mol. The predicted octanol–water partition coefficient (Wildman–Crippen LogP) is 3.99. The molecule has 5 heteroatoms. The van der Waals surface area contributed by atoms with Crippen LogP contribution in [-0.2, 0) is 11.2 Å². The van der Waals surface area contributed by atoms with Crippen LogP contribution in [0.1, 0.15) is 42.1 Å². The second-order valence-corrected chi connectivity index (χ2v) is 6.65. The molecule has 27 heavy (non-hydrogen) atoms. The summed E-state index contributed by atoms with van der Waals surface area (Å²) in [5, 5.41) is 3.91. The Morgan fingerprint density at radius 3 is 2.07 bits per heavy atom. The van der Waals surface area contributed by atoms with Gasteiger partial charge in [-0.15, -0.1) is 0 Å². The van der Waals surface area contributed by atoms with Gasteiger partial charge in [0.25, 0.3) is 0 Å². The third-order valence-electron chi connectivity index (χ3n) is 4.71. The van der Waals surface area contributed by atoms with Crippen molar-refractivity contribution in [3.8, 4) is 0 Å². The van der Waals surface area contributed by atoms with Crippen LogP contribution in [0.5, 0.6) is 0 Å². The fourth-order valence-electron chi connectivity index (χ4n) is 3.29. The molecule has 140 valence electrons. The molecule has 0 radical (unpaired) electrons. The van der Waals surface area contributed by atoms with E-state index in [4.69, 9.17) is 4.52 Å². The molecular formula is C22H25N3O2. The zero-order valence-corrected chi connectivity index (χ0v) is 15.8. The van der Waals surface area contributed by atoms with Gasteiger partial charge in [0.15, 0.2) is 5.82 Å². The van der Waals surface area contributed by atoms with Gasteiger partial charge in [-0.25, -0.2) is 0 Å². The first-order chi connectivity index (χ1) is 13.1. The number of nitrogens with zero attached hydrogens (tertiary/aromatic N) is 3. The van der Waals surface area contributed by atoms with E-state index in [2.05, 4.69) is 58.7 Å². The summed E-state index contributed by atoms with van der Waals surface area (Å²) in [6, 6.07) is 20.9. The Morgan fingerprint density at radius 2 is 1.59 bits per heavy atom. The predicted molar refractivity (Wildman–Crippen MR) is 104 cm³/mol. The molecule has 1 aromatic heterocycles. The first kappa shape index (κ1) is 18.8. The van der Waals surface area contributed by atoms with Gasteiger partial charge < -0.3 is 9.42 Å². The van der Waals surface area contributed by atoms with E-state index < -0.39 is 0 Å². The topological polar surface area (TPSA) is 59.2 Å². The third-order valence-corrected chi connectivity index (χ3v) is 4.71. The number of hydrogen-bond acceptors (Lipinski definition) is 4. The van der Waals surface area contributed by atoms with Crippen LogP contribution < -0.4 is 0 Å². The lowest BCUT2D eigenvalue weighted by molar-refractivity contribution is -0.128. The number of aryl methyl sites for hydroxylation is 1. The Kier molecular flexibility index (Phi) is 6.36. The van der Waals surface area contributed by atoms with Gasteiger partial charge in [-0.2, -0.15) is 4.98 Å². The molecule has 3 rings (SSSR count). The number of carbonyl (C=O) groups is 1. The quantitative estimate of drug-likeness (QED) is 0.607. The lowest BCUT2D eigenvalue weighted by Crippen LogP contribution is -2.33. The zero-order chi connectivity index (χ0) is 19.1. The Balaban J connectivity index is 1.69. The molecule has 1 amide bonds. The minimum Gasteiger partial charge on any atom is -0.342 e. The molecule has 0 bridgehead atoms. The number of benzene rings is 2. The molecule has 1 heterocycles. The second kappa shape index (κ2) is 9.12. The smallest absolute Gasteiger partial charge is 0.223 e. The number of rotatable bonds is 8. The van der Waals surface area contributed by atoms with Crippen LogP contribution in [-0.4, -0.2) is 34.0 Å². The van der Waals surface area contributed by atoms with Gasteiger partial charge in [0.1, 0.15) is 0 Å². The highest BCUT2D eigenvalue weighted by Crippen LogP contribution is 2.28. The Bertz CT molecular complexity index is 807. The normalized spacial score (nSPS) is 10.9. The van der Waals surface area contributed by atoms with Gasteiger partial charge in [-0.05, 0) is 17.5 Å². The van der Waals surface area contributed by atoms with Crippen molar-refractivity contribution in [3.05, 3.63) is 83.5 Å². The van der Waals surface area contributed by atoms with Crippen LogP contribution in [0, 0.1) is 6.92 Å². The number of aromatic nitrogens is 2. The van der Waals surface area contributed by atoms with Gasteiger partial charge in [0.05, 0.1) is 0 Å². The van der Waals surface area contributed by atoms with E-state index in [9.17, 15) is 4.79 Å². The maximum Gasteiger partial charge on any atom is 0.223 e. The molecule has 0 atom stereocenters. The van der Waals surface area contributed by atoms with Crippen molar-refractivity contribution < 1.29 is 9.32 Å². The largest absolute Gasteiger partial charge is 0.342 e. The van der Waals surface area contributed by atoms with Gasteiger partial charge in [-0.1, -0.05) is 65.8 Å². The average Bonchev–Trinajstić information content (AvgIpc) is 3.11. The minimum atomic E-state index is 0.0649. The van der Waals surface area contributed by atoms with Crippen LogP contribution >= 0.6 is 0 Å². The molecule has 5 nitrogen and oxygen atoms in total. The molecule has 0 spiro atoms. The monoisotopic (exact) mass is 363 g/mol. The van der Waals surface area contributed by atoms with E-state index in [0.717, 1.165) is 6.42 Å². The van der Waals surface area contributed by atoms with Gasteiger partial charge >= 0.3 is 0 Å². The standard InChI is InChI=1S/C22H25N3O2/c1-17-23-22(24-27-17)14-16-25(18(2)26)15-13-21(19-9-5-3-6-10-19)20-11-7-4-8-12-20/h3-12,21H,13-16H2,1-2H3. The van der Waals surface area contributed by atoms with Crippen LogP contribution in [0.25, 0.3) is 0 Å². The Hall–Kier alpha value is -2.95. The molecule has 0 aliphatic heterocycles. The summed E-state index contributed by atoms with van der Waals surface area (Å²) in [7, 11) is 0.